The molecular weight excluding hydrogens is 190 g/mol. The van der Waals surface area contributed by atoms with Gasteiger partial charge in [0.2, 0.25) is 0 Å². The molecule has 1 aliphatic heterocycles. The molecule has 0 bridgehead atoms. The number of rotatable bonds is 2. The predicted octanol–water partition coefficient (Wildman–Crippen LogP) is 1.10. The van der Waals surface area contributed by atoms with E-state index in [1.807, 2.05) is 31.2 Å². The summed E-state index contributed by atoms with van der Waals surface area (Å²) in [5.41, 5.74) is 1.11. The second kappa shape index (κ2) is 4.64. The fourth-order valence-corrected chi connectivity index (χ4v) is 1.81. The molecule has 2 unspecified atom stereocenters. The summed E-state index contributed by atoms with van der Waals surface area (Å²) in [5, 5.41) is 12.9. The van der Waals surface area contributed by atoms with E-state index in [0.29, 0.717) is 6.54 Å². The van der Waals surface area contributed by atoms with Crippen LogP contribution in [0.4, 0.5) is 0 Å². The Morgan fingerprint density at radius 2 is 2.20 bits per heavy atom. The number of nitrogens with one attached hydrogen (secondary N) is 1. The lowest BCUT2D eigenvalue weighted by Gasteiger charge is -2.29. The quantitative estimate of drug-likeness (QED) is 0.763. The summed E-state index contributed by atoms with van der Waals surface area (Å²) in [6.45, 7) is 3.55. The zero-order valence-electron chi connectivity index (χ0n) is 8.94. The number of aryl methyl sites for hydroxylation is 1. The number of hydrogen-bond donors (Lipinski definition) is 2. The Labute approximate surface area is 90.1 Å². The van der Waals surface area contributed by atoms with Crippen LogP contribution in [0, 0.1) is 6.92 Å². The maximum Gasteiger partial charge on any atom is 0.127 e. The van der Waals surface area contributed by atoms with Crippen molar-refractivity contribution < 1.29 is 9.84 Å². The highest BCUT2D eigenvalue weighted by molar-refractivity contribution is 5.32. The highest BCUT2D eigenvalue weighted by atomic mass is 16.5. The van der Waals surface area contributed by atoms with Crippen molar-refractivity contribution in [1.82, 2.24) is 5.32 Å². The molecule has 3 heteroatoms. The first-order valence-electron chi connectivity index (χ1n) is 5.38. The molecule has 1 aliphatic rings. The van der Waals surface area contributed by atoms with Gasteiger partial charge in [-0.3, -0.25) is 0 Å². The fourth-order valence-electron chi connectivity index (χ4n) is 1.81. The fraction of sp³-hybridized carbons (Fsp3) is 0.500. The number of hydrogen-bond acceptors (Lipinski definition) is 3. The molecule has 0 aromatic heterocycles. The zero-order valence-corrected chi connectivity index (χ0v) is 8.94. The van der Waals surface area contributed by atoms with Gasteiger partial charge < -0.3 is 15.2 Å². The van der Waals surface area contributed by atoms with Gasteiger partial charge in [0.05, 0.1) is 0 Å². The standard InChI is InChI=1S/C12H17NO2/c1-9-4-2-3-5-11(9)15-12-6-7-13-8-10(12)14/h2-5,10,12-14H,6-8H2,1H3. The number of β-amino-alcohol motifs (C(OH)–C–C–N with tert-alkyl or cyclic N) is 1. The first-order valence-corrected chi connectivity index (χ1v) is 5.38. The van der Waals surface area contributed by atoms with E-state index < -0.39 is 6.10 Å². The maximum absolute atomic E-state index is 9.73. The van der Waals surface area contributed by atoms with Gasteiger partial charge in [0.25, 0.3) is 0 Å². The van der Waals surface area contributed by atoms with Gasteiger partial charge in [0.1, 0.15) is 18.0 Å². The van der Waals surface area contributed by atoms with E-state index in [2.05, 4.69) is 5.32 Å². The lowest BCUT2D eigenvalue weighted by atomic mass is 10.1. The van der Waals surface area contributed by atoms with Crippen molar-refractivity contribution >= 4 is 0 Å². The molecule has 0 amide bonds. The second-order valence-electron chi connectivity index (χ2n) is 3.98. The topological polar surface area (TPSA) is 41.5 Å². The molecule has 15 heavy (non-hydrogen) atoms. The van der Waals surface area contributed by atoms with Gasteiger partial charge in [0, 0.05) is 6.54 Å². The van der Waals surface area contributed by atoms with Crippen molar-refractivity contribution in [1.29, 1.82) is 0 Å². The van der Waals surface area contributed by atoms with Crippen molar-refractivity contribution in [3.63, 3.8) is 0 Å². The van der Waals surface area contributed by atoms with E-state index in [1.165, 1.54) is 0 Å². The zero-order chi connectivity index (χ0) is 10.7. The summed E-state index contributed by atoms with van der Waals surface area (Å²) in [4.78, 5) is 0. The number of aliphatic hydroxyl groups excluding tert-OH is 1. The highest BCUT2D eigenvalue weighted by Crippen LogP contribution is 2.20. The molecule has 0 radical (unpaired) electrons. The lowest BCUT2D eigenvalue weighted by Crippen LogP contribution is -2.46. The number of para-hydroxylation sites is 1. The van der Waals surface area contributed by atoms with Crippen LogP contribution in [-0.4, -0.2) is 30.4 Å². The Morgan fingerprint density at radius 1 is 1.40 bits per heavy atom. The Hall–Kier alpha value is -1.06. The van der Waals surface area contributed by atoms with Crippen molar-refractivity contribution in [2.75, 3.05) is 13.1 Å². The highest BCUT2D eigenvalue weighted by Gasteiger charge is 2.24. The minimum absolute atomic E-state index is 0.0765. The maximum atomic E-state index is 9.73. The third-order valence-electron chi connectivity index (χ3n) is 2.76. The van der Waals surface area contributed by atoms with Crippen LogP contribution in [0.15, 0.2) is 24.3 Å². The average molecular weight is 207 g/mol. The Kier molecular flexibility index (Phi) is 3.23. The summed E-state index contributed by atoms with van der Waals surface area (Å²) in [7, 11) is 0. The molecule has 1 aromatic carbocycles. The molecule has 2 N–H and O–H groups in total. The first-order chi connectivity index (χ1) is 7.27. The van der Waals surface area contributed by atoms with Crippen LogP contribution >= 0.6 is 0 Å². The lowest BCUT2D eigenvalue weighted by molar-refractivity contribution is 0.0159. The smallest absolute Gasteiger partial charge is 0.127 e. The summed E-state index contributed by atoms with van der Waals surface area (Å²) < 4.78 is 5.81. The first kappa shape index (κ1) is 10.5. The van der Waals surface area contributed by atoms with Crippen molar-refractivity contribution in [3.05, 3.63) is 29.8 Å². The summed E-state index contributed by atoms with van der Waals surface area (Å²) in [5.74, 6) is 0.878. The van der Waals surface area contributed by atoms with Gasteiger partial charge in [0.15, 0.2) is 0 Å². The number of piperidine rings is 1. The second-order valence-corrected chi connectivity index (χ2v) is 3.98. The van der Waals surface area contributed by atoms with E-state index in [1.54, 1.807) is 0 Å². The van der Waals surface area contributed by atoms with Crippen LogP contribution in [-0.2, 0) is 0 Å². The van der Waals surface area contributed by atoms with Crippen LogP contribution in [0.3, 0.4) is 0 Å². The molecular formula is C12H17NO2. The van der Waals surface area contributed by atoms with Crippen molar-refractivity contribution in [3.8, 4) is 5.75 Å². The monoisotopic (exact) mass is 207 g/mol. The van der Waals surface area contributed by atoms with Gasteiger partial charge in [-0.05, 0) is 31.5 Å². The minimum Gasteiger partial charge on any atom is -0.487 e. The average Bonchev–Trinajstić information content (AvgIpc) is 2.24. The number of aliphatic hydroxyl groups is 1. The number of benzene rings is 1. The molecule has 0 saturated carbocycles. The molecule has 1 aromatic rings. The summed E-state index contributed by atoms with van der Waals surface area (Å²) in [6, 6.07) is 7.91. The van der Waals surface area contributed by atoms with E-state index >= 15 is 0 Å². The molecule has 1 fully saturated rings. The van der Waals surface area contributed by atoms with Gasteiger partial charge in [-0.25, -0.2) is 0 Å². The van der Waals surface area contributed by atoms with Crippen molar-refractivity contribution in [2.24, 2.45) is 0 Å². The van der Waals surface area contributed by atoms with Crippen LogP contribution < -0.4 is 10.1 Å². The minimum atomic E-state index is -0.404. The molecule has 2 rings (SSSR count). The Morgan fingerprint density at radius 3 is 2.93 bits per heavy atom. The predicted molar refractivity (Wildman–Crippen MR) is 59.1 cm³/mol. The van der Waals surface area contributed by atoms with E-state index in [9.17, 15) is 5.11 Å². The van der Waals surface area contributed by atoms with Gasteiger partial charge >= 0.3 is 0 Å². The third kappa shape index (κ3) is 2.49. The van der Waals surface area contributed by atoms with Gasteiger partial charge in [-0.2, -0.15) is 0 Å². The van der Waals surface area contributed by atoms with Crippen LogP contribution in [0.2, 0.25) is 0 Å². The Bertz CT molecular complexity index is 327. The van der Waals surface area contributed by atoms with E-state index in [-0.39, 0.29) is 6.10 Å². The molecule has 3 nitrogen and oxygen atoms in total. The normalized spacial score (nSPS) is 26.3. The van der Waals surface area contributed by atoms with E-state index in [4.69, 9.17) is 4.74 Å². The third-order valence-corrected chi connectivity index (χ3v) is 2.76. The molecule has 0 aliphatic carbocycles. The van der Waals surface area contributed by atoms with Gasteiger partial charge in [-0.1, -0.05) is 18.2 Å². The van der Waals surface area contributed by atoms with Crippen LogP contribution in [0.25, 0.3) is 0 Å². The SMILES string of the molecule is Cc1ccccc1OC1CCNCC1O. The van der Waals surface area contributed by atoms with Crippen LogP contribution in [0.5, 0.6) is 5.75 Å². The molecule has 2 atom stereocenters. The van der Waals surface area contributed by atoms with Crippen molar-refractivity contribution in [2.45, 2.75) is 25.6 Å². The van der Waals surface area contributed by atoms with E-state index in [0.717, 1.165) is 24.3 Å². The molecule has 1 heterocycles. The Balaban J connectivity index is 2.04. The molecule has 0 spiro atoms. The number of ether oxygens (including phenoxy) is 1. The van der Waals surface area contributed by atoms with Gasteiger partial charge in [-0.15, -0.1) is 0 Å². The van der Waals surface area contributed by atoms with Crippen LogP contribution in [0.1, 0.15) is 12.0 Å². The largest absolute Gasteiger partial charge is 0.487 e. The summed E-state index contributed by atoms with van der Waals surface area (Å²) in [6.07, 6.45) is 0.376. The molecule has 1 saturated heterocycles. The summed E-state index contributed by atoms with van der Waals surface area (Å²) >= 11 is 0. The molecule has 82 valence electrons.